The Bertz CT molecular complexity index is 774. The summed E-state index contributed by atoms with van der Waals surface area (Å²) >= 11 is 1.69. The molecule has 0 aliphatic carbocycles. The molecule has 5 heteroatoms. The maximum absolute atomic E-state index is 12.4. The van der Waals surface area contributed by atoms with E-state index in [1.807, 2.05) is 26.0 Å². The lowest BCUT2D eigenvalue weighted by Gasteiger charge is -2.13. The zero-order valence-electron chi connectivity index (χ0n) is 15.5. The van der Waals surface area contributed by atoms with Crippen LogP contribution in [0.5, 0.6) is 11.5 Å². The van der Waals surface area contributed by atoms with Crippen molar-refractivity contribution in [2.75, 3.05) is 17.7 Å². The smallest absolute Gasteiger partial charge is 0.225 e. The molecule has 1 heterocycles. The van der Waals surface area contributed by atoms with E-state index in [4.69, 9.17) is 9.47 Å². The lowest BCUT2D eigenvalue weighted by molar-refractivity contribution is -0.115. The Labute approximate surface area is 159 Å². The fourth-order valence-electron chi connectivity index (χ4n) is 2.92. The van der Waals surface area contributed by atoms with Crippen LogP contribution >= 0.6 is 11.8 Å². The molecule has 0 saturated heterocycles. The zero-order valence-corrected chi connectivity index (χ0v) is 16.3. The monoisotopic (exact) mass is 371 g/mol. The number of aryl methyl sites for hydroxylation is 1. The third-order valence-corrected chi connectivity index (χ3v) is 5.20. The first-order valence-corrected chi connectivity index (χ1v) is 9.99. The molecular formula is C21H25NO3S. The molecule has 1 aliphatic rings. The Balaban J connectivity index is 1.59. The molecule has 26 heavy (non-hydrogen) atoms. The van der Waals surface area contributed by atoms with E-state index >= 15 is 0 Å². The van der Waals surface area contributed by atoms with Crippen molar-refractivity contribution in [2.45, 2.75) is 44.6 Å². The van der Waals surface area contributed by atoms with Crippen LogP contribution in [0.1, 0.15) is 31.4 Å². The van der Waals surface area contributed by atoms with E-state index in [0.29, 0.717) is 24.5 Å². The number of amides is 1. The van der Waals surface area contributed by atoms with Crippen LogP contribution in [0.2, 0.25) is 0 Å². The second-order valence-electron chi connectivity index (χ2n) is 6.48. The fourth-order valence-corrected chi connectivity index (χ4v) is 3.77. The highest BCUT2D eigenvalue weighted by molar-refractivity contribution is 7.99. The van der Waals surface area contributed by atoms with Gasteiger partial charge >= 0.3 is 0 Å². The quantitative estimate of drug-likeness (QED) is 0.708. The Morgan fingerprint density at radius 2 is 2.08 bits per heavy atom. The van der Waals surface area contributed by atoms with Gasteiger partial charge in [-0.3, -0.25) is 4.79 Å². The van der Waals surface area contributed by atoms with Crippen molar-refractivity contribution in [3.8, 4) is 11.5 Å². The normalized spacial score (nSPS) is 15.3. The summed E-state index contributed by atoms with van der Waals surface area (Å²) in [5.74, 6) is 2.27. The zero-order chi connectivity index (χ0) is 18.5. The fraction of sp³-hybridized carbons (Fsp3) is 0.381. The Morgan fingerprint density at radius 1 is 1.31 bits per heavy atom. The van der Waals surface area contributed by atoms with Crippen LogP contribution in [0.4, 0.5) is 5.69 Å². The predicted octanol–water partition coefficient (Wildman–Crippen LogP) is 4.84. The third-order valence-electron chi connectivity index (χ3n) is 4.19. The van der Waals surface area contributed by atoms with Gasteiger partial charge in [0.25, 0.3) is 0 Å². The summed E-state index contributed by atoms with van der Waals surface area (Å²) in [5, 5.41) is 2.98. The number of hydrogen-bond donors (Lipinski definition) is 1. The number of benzene rings is 2. The molecule has 1 unspecified atom stereocenters. The van der Waals surface area contributed by atoms with Crippen LogP contribution in [-0.2, 0) is 11.2 Å². The van der Waals surface area contributed by atoms with Gasteiger partial charge in [-0.2, -0.15) is 0 Å². The van der Waals surface area contributed by atoms with Gasteiger partial charge in [-0.05, 0) is 39.0 Å². The molecule has 0 aromatic heterocycles. The van der Waals surface area contributed by atoms with E-state index in [1.54, 1.807) is 11.8 Å². The van der Waals surface area contributed by atoms with Crippen molar-refractivity contribution < 1.29 is 14.3 Å². The van der Waals surface area contributed by atoms with Crippen LogP contribution < -0.4 is 14.8 Å². The lowest BCUT2D eigenvalue weighted by Crippen LogP contribution is -2.13. The second kappa shape index (κ2) is 8.49. The number of hydrogen-bond acceptors (Lipinski definition) is 4. The SMILES string of the molecule is CCOc1cc2c(cc1NC(=O)CCSc1ccc(C)cc1)OC(C)C2. The summed E-state index contributed by atoms with van der Waals surface area (Å²) in [7, 11) is 0. The van der Waals surface area contributed by atoms with Crippen molar-refractivity contribution in [2.24, 2.45) is 0 Å². The first kappa shape index (κ1) is 18.6. The first-order valence-electron chi connectivity index (χ1n) is 9.01. The van der Waals surface area contributed by atoms with Crippen molar-refractivity contribution in [1.29, 1.82) is 0 Å². The average molecular weight is 372 g/mol. The van der Waals surface area contributed by atoms with Crippen LogP contribution in [0.3, 0.4) is 0 Å². The molecule has 138 valence electrons. The summed E-state index contributed by atoms with van der Waals surface area (Å²) in [6.07, 6.45) is 1.48. The van der Waals surface area contributed by atoms with Gasteiger partial charge in [0, 0.05) is 35.1 Å². The van der Waals surface area contributed by atoms with E-state index in [0.717, 1.165) is 23.5 Å². The Hall–Kier alpha value is -2.14. The summed E-state index contributed by atoms with van der Waals surface area (Å²) in [6.45, 7) is 6.61. The third kappa shape index (κ3) is 4.73. The molecule has 1 amide bonds. The number of fused-ring (bicyclic) bond motifs is 1. The highest BCUT2D eigenvalue weighted by Crippen LogP contribution is 2.38. The molecule has 0 bridgehead atoms. The summed E-state index contributed by atoms with van der Waals surface area (Å²) < 4.78 is 11.5. The van der Waals surface area contributed by atoms with Crippen LogP contribution in [0, 0.1) is 6.92 Å². The van der Waals surface area contributed by atoms with E-state index in [1.165, 1.54) is 10.5 Å². The van der Waals surface area contributed by atoms with Crippen LogP contribution in [0.15, 0.2) is 41.3 Å². The maximum Gasteiger partial charge on any atom is 0.225 e. The first-order chi connectivity index (χ1) is 12.5. The molecule has 2 aromatic carbocycles. The number of thioether (sulfide) groups is 1. The minimum atomic E-state index is -0.0171. The van der Waals surface area contributed by atoms with Gasteiger partial charge in [-0.1, -0.05) is 17.7 Å². The largest absolute Gasteiger partial charge is 0.492 e. The molecule has 1 atom stereocenters. The minimum Gasteiger partial charge on any atom is -0.492 e. The number of anilines is 1. The second-order valence-corrected chi connectivity index (χ2v) is 7.65. The number of carbonyl (C=O) groups is 1. The number of rotatable bonds is 7. The number of nitrogens with one attached hydrogen (secondary N) is 1. The van der Waals surface area contributed by atoms with E-state index < -0.39 is 0 Å². The maximum atomic E-state index is 12.4. The molecular weight excluding hydrogens is 346 g/mol. The summed E-state index contributed by atoms with van der Waals surface area (Å²) in [4.78, 5) is 13.5. The summed E-state index contributed by atoms with van der Waals surface area (Å²) in [6, 6.07) is 12.2. The number of carbonyl (C=O) groups excluding carboxylic acids is 1. The Kier molecular flexibility index (Phi) is 6.09. The molecule has 0 fully saturated rings. The molecule has 4 nitrogen and oxygen atoms in total. The van der Waals surface area contributed by atoms with Gasteiger partial charge in [-0.25, -0.2) is 0 Å². The molecule has 0 radical (unpaired) electrons. The van der Waals surface area contributed by atoms with E-state index in [9.17, 15) is 4.79 Å². The highest BCUT2D eigenvalue weighted by atomic mass is 32.2. The molecule has 0 spiro atoms. The number of ether oxygens (including phenoxy) is 2. The summed E-state index contributed by atoms with van der Waals surface area (Å²) in [5.41, 5.74) is 3.06. The van der Waals surface area contributed by atoms with E-state index in [-0.39, 0.29) is 12.0 Å². The van der Waals surface area contributed by atoms with Gasteiger partial charge in [0.2, 0.25) is 5.91 Å². The Morgan fingerprint density at radius 3 is 2.81 bits per heavy atom. The van der Waals surface area contributed by atoms with Crippen LogP contribution in [-0.4, -0.2) is 24.4 Å². The van der Waals surface area contributed by atoms with E-state index in [2.05, 4.69) is 36.5 Å². The van der Waals surface area contributed by atoms with Crippen molar-refractivity contribution >= 4 is 23.4 Å². The lowest BCUT2D eigenvalue weighted by atomic mass is 10.1. The molecule has 3 rings (SSSR count). The topological polar surface area (TPSA) is 47.6 Å². The van der Waals surface area contributed by atoms with Gasteiger partial charge in [0.05, 0.1) is 12.3 Å². The standard InChI is InChI=1S/C21H25NO3S/c1-4-24-20-12-16-11-15(3)25-19(16)13-18(20)22-21(23)9-10-26-17-7-5-14(2)6-8-17/h5-8,12-13,15H,4,9-11H2,1-3H3,(H,22,23). The molecule has 2 aromatic rings. The molecule has 1 aliphatic heterocycles. The van der Waals surface area contributed by atoms with Gasteiger partial charge in [-0.15, -0.1) is 11.8 Å². The van der Waals surface area contributed by atoms with Gasteiger partial charge in [0.15, 0.2) is 0 Å². The van der Waals surface area contributed by atoms with Gasteiger partial charge in [0.1, 0.15) is 17.6 Å². The van der Waals surface area contributed by atoms with Gasteiger partial charge < -0.3 is 14.8 Å². The van der Waals surface area contributed by atoms with Crippen molar-refractivity contribution in [3.05, 3.63) is 47.5 Å². The van der Waals surface area contributed by atoms with Crippen LogP contribution in [0.25, 0.3) is 0 Å². The average Bonchev–Trinajstić information content (AvgIpc) is 2.96. The predicted molar refractivity (Wildman–Crippen MR) is 107 cm³/mol. The molecule has 0 saturated carbocycles. The van der Waals surface area contributed by atoms with Crippen molar-refractivity contribution in [3.63, 3.8) is 0 Å². The highest BCUT2D eigenvalue weighted by Gasteiger charge is 2.22. The minimum absolute atomic E-state index is 0.0171. The van der Waals surface area contributed by atoms with Crippen molar-refractivity contribution in [1.82, 2.24) is 0 Å². The molecule has 1 N–H and O–H groups in total.